The molecule has 0 saturated heterocycles. The molecule has 312 valence electrons. The highest BCUT2D eigenvalue weighted by Crippen LogP contribution is 2.71. The van der Waals surface area contributed by atoms with Crippen LogP contribution in [0.2, 0.25) is 0 Å². The van der Waals surface area contributed by atoms with Gasteiger partial charge in [0, 0.05) is 34.6 Å². The van der Waals surface area contributed by atoms with Gasteiger partial charge in [-0.1, -0.05) is 109 Å². The number of ether oxygens (including phenoxy) is 1. The molecule has 0 saturated carbocycles. The van der Waals surface area contributed by atoms with Crippen LogP contribution in [0.25, 0.3) is 22.3 Å². The van der Waals surface area contributed by atoms with Crippen molar-refractivity contribution < 1.29 is 33.1 Å². The topological polar surface area (TPSA) is 154 Å². The lowest BCUT2D eigenvalue weighted by atomic mass is 9.90. The van der Waals surface area contributed by atoms with E-state index in [1.54, 1.807) is 36.4 Å². The molecule has 63 heavy (non-hydrogen) atoms. The predicted octanol–water partition coefficient (Wildman–Crippen LogP) is 11.9. The van der Waals surface area contributed by atoms with Gasteiger partial charge in [0.05, 0.1) is 10.6 Å². The first kappa shape index (κ1) is 39.9. The van der Waals surface area contributed by atoms with Gasteiger partial charge in [0.25, 0.3) is 14.7 Å². The number of hydrogen-bond donors (Lipinski definition) is 4. The van der Waals surface area contributed by atoms with Gasteiger partial charge in [0.15, 0.2) is 0 Å². The lowest BCUT2D eigenvalue weighted by Gasteiger charge is -2.42. The number of nitrogen functional groups attached to an aromatic ring is 2. The number of para-hydroxylation sites is 2. The fraction of sp³-hybridized carbons (Fsp3) is 0.0769. The highest BCUT2D eigenvalue weighted by Gasteiger charge is 2.56. The Morgan fingerprint density at radius 2 is 0.810 bits per heavy atom. The molecule has 0 bridgehead atoms. The molecule has 4 atom stereocenters. The SMILES string of the molecule is CC(c1ccc(Oc2ccc(C(C)(c3ccc(O)cc3N)P3(=O)Oc4ccccc4-c4ccccc43)cc2)cc1)(c1ccc(O)cc1N)P1(=O)Oc2ccccc2-c2ccccc21. The molecular formula is C52H42N2O7P2. The third-order valence-electron chi connectivity index (χ3n) is 12.6. The molecule has 8 aromatic carbocycles. The summed E-state index contributed by atoms with van der Waals surface area (Å²) in [4.78, 5) is 0. The van der Waals surface area contributed by atoms with Crippen molar-refractivity contribution in [2.75, 3.05) is 11.5 Å². The van der Waals surface area contributed by atoms with Crippen molar-refractivity contribution >= 4 is 36.7 Å². The first-order valence-corrected chi connectivity index (χ1v) is 23.6. The van der Waals surface area contributed by atoms with Crippen LogP contribution in [0.15, 0.2) is 182 Å². The summed E-state index contributed by atoms with van der Waals surface area (Å²) in [5, 5.41) is 19.2. The van der Waals surface area contributed by atoms with E-state index in [0.717, 1.165) is 22.3 Å². The number of phenols is 2. The molecule has 11 heteroatoms. The molecule has 9 nitrogen and oxygen atoms in total. The fourth-order valence-electron chi connectivity index (χ4n) is 9.28. The lowest BCUT2D eigenvalue weighted by molar-refractivity contribution is 0.460. The standard InChI is InChI=1S/C52H42N2O7P2/c1-51(43-29-23-35(55)31-45(43)53,62(57)49-17-9-5-13-41(49)39-11-3-7-15-47(39)60-62)33-19-25-37(26-20-33)59-38-27-21-34(22-28-38)52(2,44-30-24-36(56)32-46(44)54)63(58)50-18-10-6-14-42(50)40-12-4-8-16-48(40)61-63/h3-32,55-56H,53-54H2,1-2H3. The van der Waals surface area contributed by atoms with Gasteiger partial charge in [-0.3, -0.25) is 9.13 Å². The summed E-state index contributed by atoms with van der Waals surface area (Å²) in [7, 11) is -7.79. The maximum absolute atomic E-state index is 16.0. The van der Waals surface area contributed by atoms with E-state index >= 15 is 9.13 Å². The maximum atomic E-state index is 16.0. The molecule has 6 N–H and O–H groups in total. The van der Waals surface area contributed by atoms with Crippen LogP contribution in [0.4, 0.5) is 11.4 Å². The normalized spacial score (nSPS) is 19.0. The average Bonchev–Trinajstić information content (AvgIpc) is 3.29. The van der Waals surface area contributed by atoms with Gasteiger partial charge in [-0.25, -0.2) is 0 Å². The van der Waals surface area contributed by atoms with Gasteiger partial charge in [-0.05, 0) is 108 Å². The smallest absolute Gasteiger partial charge is 0.292 e. The summed E-state index contributed by atoms with van der Waals surface area (Å²) in [5.74, 6) is 1.99. The number of fused-ring (bicyclic) bond motifs is 6. The molecular weight excluding hydrogens is 827 g/mol. The summed E-state index contributed by atoms with van der Waals surface area (Å²) >= 11 is 0. The monoisotopic (exact) mass is 868 g/mol. The second-order valence-electron chi connectivity index (χ2n) is 16.2. The Kier molecular flexibility index (Phi) is 9.34. The minimum Gasteiger partial charge on any atom is -0.508 e. The Labute approximate surface area is 365 Å². The van der Waals surface area contributed by atoms with E-state index in [0.29, 0.717) is 55.9 Å². The molecule has 2 aliphatic rings. The van der Waals surface area contributed by atoms with E-state index in [1.165, 1.54) is 24.3 Å². The van der Waals surface area contributed by atoms with E-state index in [2.05, 4.69) is 0 Å². The van der Waals surface area contributed by atoms with E-state index in [-0.39, 0.29) is 22.9 Å². The van der Waals surface area contributed by atoms with Gasteiger partial charge in [-0.15, -0.1) is 0 Å². The summed E-state index contributed by atoms with van der Waals surface area (Å²) in [6.45, 7) is 3.73. The minimum absolute atomic E-state index is 0.0116. The van der Waals surface area contributed by atoms with E-state index in [9.17, 15) is 10.2 Å². The summed E-state index contributed by atoms with van der Waals surface area (Å²) in [6.07, 6.45) is 0. The van der Waals surface area contributed by atoms with Crippen molar-refractivity contribution in [3.8, 4) is 56.8 Å². The number of rotatable bonds is 8. The fourth-order valence-corrected chi connectivity index (χ4v) is 15.3. The minimum atomic E-state index is -3.89. The first-order valence-electron chi connectivity index (χ1n) is 20.4. The molecule has 2 aliphatic heterocycles. The largest absolute Gasteiger partial charge is 0.508 e. The number of benzene rings is 8. The van der Waals surface area contributed by atoms with E-state index in [1.807, 2.05) is 135 Å². The quantitative estimate of drug-likeness (QED) is 0.0863. The van der Waals surface area contributed by atoms with Crippen molar-refractivity contribution in [3.05, 3.63) is 204 Å². The molecule has 0 aliphatic carbocycles. The average molecular weight is 869 g/mol. The second-order valence-corrected chi connectivity index (χ2v) is 21.5. The molecule has 0 spiro atoms. The number of hydrogen-bond acceptors (Lipinski definition) is 9. The molecule has 10 rings (SSSR count). The zero-order valence-corrected chi connectivity index (χ0v) is 36.1. The van der Waals surface area contributed by atoms with Crippen LogP contribution < -0.4 is 35.9 Å². The first-order chi connectivity index (χ1) is 30.3. The van der Waals surface area contributed by atoms with Crippen LogP contribution in [0.5, 0.6) is 34.5 Å². The van der Waals surface area contributed by atoms with Crippen LogP contribution in [-0.2, 0) is 19.4 Å². The Bertz CT molecular complexity index is 3000. The van der Waals surface area contributed by atoms with Gasteiger partial charge in [0.2, 0.25) is 0 Å². The summed E-state index contributed by atoms with van der Waals surface area (Å²) in [5.41, 5.74) is 19.5. The third-order valence-corrected chi connectivity index (χ3v) is 18.9. The van der Waals surface area contributed by atoms with Gasteiger partial charge < -0.3 is 35.5 Å². The van der Waals surface area contributed by atoms with Gasteiger partial charge >= 0.3 is 0 Å². The van der Waals surface area contributed by atoms with Crippen LogP contribution >= 0.6 is 14.7 Å². The Hall–Kier alpha value is -7.18. The molecule has 2 heterocycles. The zero-order chi connectivity index (χ0) is 43.7. The Balaban J connectivity index is 1.03. The molecule has 0 amide bonds. The predicted molar refractivity (Wildman–Crippen MR) is 250 cm³/mol. The molecule has 0 radical (unpaired) electrons. The second kappa shape index (κ2) is 14.7. The van der Waals surface area contributed by atoms with Crippen molar-refractivity contribution in [2.45, 2.75) is 24.2 Å². The van der Waals surface area contributed by atoms with Crippen LogP contribution in [0.3, 0.4) is 0 Å². The number of phenolic OH excluding ortho intramolecular Hbond substituents is 2. The summed E-state index contributed by atoms with van der Waals surface area (Å²) < 4.78 is 51.7. The highest BCUT2D eigenvalue weighted by molar-refractivity contribution is 7.69. The van der Waals surface area contributed by atoms with E-state index in [4.69, 9.17) is 25.3 Å². The Morgan fingerprint density at radius 3 is 1.19 bits per heavy atom. The third kappa shape index (κ3) is 6.06. The number of nitrogens with two attached hydrogens (primary N) is 2. The zero-order valence-electron chi connectivity index (χ0n) is 34.3. The van der Waals surface area contributed by atoms with Gasteiger partial charge in [-0.2, -0.15) is 0 Å². The number of anilines is 2. The lowest BCUT2D eigenvalue weighted by Crippen LogP contribution is -2.35. The Morgan fingerprint density at radius 1 is 0.460 bits per heavy atom. The van der Waals surface area contributed by atoms with Crippen molar-refractivity contribution in [1.29, 1.82) is 0 Å². The number of aromatic hydroxyl groups is 2. The molecule has 8 aromatic rings. The van der Waals surface area contributed by atoms with Crippen molar-refractivity contribution in [2.24, 2.45) is 0 Å². The molecule has 0 aromatic heterocycles. The highest BCUT2D eigenvalue weighted by atomic mass is 31.2. The molecule has 4 unspecified atom stereocenters. The van der Waals surface area contributed by atoms with E-state index < -0.39 is 25.0 Å². The van der Waals surface area contributed by atoms with Crippen LogP contribution in [0, 0.1) is 0 Å². The maximum Gasteiger partial charge on any atom is 0.292 e. The van der Waals surface area contributed by atoms with Gasteiger partial charge in [0.1, 0.15) is 44.8 Å². The van der Waals surface area contributed by atoms with Crippen LogP contribution in [0.1, 0.15) is 36.1 Å². The van der Waals surface area contributed by atoms with Crippen LogP contribution in [-0.4, -0.2) is 10.2 Å². The summed E-state index contributed by atoms with van der Waals surface area (Å²) in [6, 6.07) is 54.3. The van der Waals surface area contributed by atoms with Crippen molar-refractivity contribution in [3.63, 3.8) is 0 Å². The van der Waals surface area contributed by atoms with Crippen molar-refractivity contribution in [1.82, 2.24) is 0 Å². The molecule has 0 fully saturated rings.